The molecule has 0 atom stereocenters. The Kier molecular flexibility index (Phi) is 8.33. The highest BCUT2D eigenvalue weighted by Crippen LogP contribution is 2.01. The van der Waals surface area contributed by atoms with Crippen LogP contribution < -0.4 is 0 Å². The third kappa shape index (κ3) is 6.71. The van der Waals surface area contributed by atoms with E-state index in [4.69, 9.17) is 10.6 Å². The molecule has 0 bridgehead atoms. The molecule has 0 rings (SSSR count). The van der Waals surface area contributed by atoms with Crippen molar-refractivity contribution in [3.8, 4) is 0 Å². The van der Waals surface area contributed by atoms with Gasteiger partial charge in [-0.2, -0.15) is 0 Å². The summed E-state index contributed by atoms with van der Waals surface area (Å²) in [5, 5.41) is 12.2. The van der Waals surface area contributed by atoms with Gasteiger partial charge in [-0.1, -0.05) is 5.11 Å². The van der Waals surface area contributed by atoms with Gasteiger partial charge >= 0.3 is 0 Å². The number of hydrogen-bond acceptors (Lipinski definition) is 3. The fourth-order valence-electron chi connectivity index (χ4n) is 1.29. The van der Waals surface area contributed by atoms with Crippen LogP contribution in [0.2, 0.25) is 0 Å². The summed E-state index contributed by atoms with van der Waals surface area (Å²) in [7, 11) is 0. The van der Waals surface area contributed by atoms with Crippen LogP contribution in [0.25, 0.3) is 10.4 Å². The second kappa shape index (κ2) is 8.81. The van der Waals surface area contributed by atoms with E-state index in [1.165, 1.54) is 0 Å². The molecular weight excluding hydrogens is 180 g/mol. The zero-order valence-electron chi connectivity index (χ0n) is 9.06. The van der Waals surface area contributed by atoms with E-state index in [9.17, 15) is 0 Å². The average Bonchev–Trinajstić information content (AvgIpc) is 2.16. The minimum Gasteiger partial charge on any atom is -0.396 e. The van der Waals surface area contributed by atoms with Crippen molar-refractivity contribution in [3.63, 3.8) is 0 Å². The minimum absolute atomic E-state index is 0.236. The van der Waals surface area contributed by atoms with Gasteiger partial charge in [-0.25, -0.2) is 0 Å². The second-order valence-electron chi connectivity index (χ2n) is 3.51. The molecule has 0 heterocycles. The van der Waals surface area contributed by atoms with Crippen LogP contribution in [0.15, 0.2) is 5.11 Å². The summed E-state index contributed by atoms with van der Waals surface area (Å²) in [5.74, 6) is 0. The van der Waals surface area contributed by atoms with Crippen LogP contribution in [-0.4, -0.2) is 42.3 Å². The van der Waals surface area contributed by atoms with E-state index in [1.807, 2.05) is 0 Å². The molecule has 0 radical (unpaired) electrons. The summed E-state index contributed by atoms with van der Waals surface area (Å²) < 4.78 is 0. The predicted molar refractivity (Wildman–Crippen MR) is 57.0 cm³/mol. The van der Waals surface area contributed by atoms with Crippen LogP contribution in [0.4, 0.5) is 0 Å². The Morgan fingerprint density at radius 1 is 1.36 bits per heavy atom. The maximum atomic E-state index is 8.71. The van der Waals surface area contributed by atoms with Crippen molar-refractivity contribution in [3.05, 3.63) is 10.4 Å². The van der Waals surface area contributed by atoms with Crippen molar-refractivity contribution in [2.24, 2.45) is 5.11 Å². The Hall–Kier alpha value is -0.770. The molecule has 0 saturated carbocycles. The maximum absolute atomic E-state index is 8.71. The van der Waals surface area contributed by atoms with Gasteiger partial charge in [-0.05, 0) is 38.8 Å². The summed E-state index contributed by atoms with van der Waals surface area (Å²) in [5.41, 5.74) is 8.09. The molecule has 0 aliphatic rings. The van der Waals surface area contributed by atoms with E-state index in [2.05, 4.69) is 28.8 Å². The number of nitrogens with zero attached hydrogens (tertiary/aromatic N) is 4. The lowest BCUT2D eigenvalue weighted by atomic mass is 10.2. The SMILES string of the molecule is CC(C)N(CCCO)CCCN=[N+]=[N-]. The molecular formula is C9H20N4O. The van der Waals surface area contributed by atoms with E-state index in [0.29, 0.717) is 12.6 Å². The molecule has 14 heavy (non-hydrogen) atoms. The number of hydrogen-bond donors (Lipinski definition) is 1. The molecule has 0 saturated heterocycles. The molecule has 5 heteroatoms. The normalized spacial score (nSPS) is 10.6. The largest absolute Gasteiger partial charge is 0.396 e. The summed E-state index contributed by atoms with van der Waals surface area (Å²) >= 11 is 0. The lowest BCUT2D eigenvalue weighted by Gasteiger charge is -2.25. The number of azide groups is 1. The van der Waals surface area contributed by atoms with Gasteiger partial charge in [0.25, 0.3) is 0 Å². The number of aliphatic hydroxyl groups is 1. The Morgan fingerprint density at radius 3 is 2.50 bits per heavy atom. The second-order valence-corrected chi connectivity index (χ2v) is 3.51. The Balaban J connectivity index is 3.67. The van der Waals surface area contributed by atoms with Gasteiger partial charge < -0.3 is 10.0 Å². The topological polar surface area (TPSA) is 72.2 Å². The molecule has 0 spiro atoms. The summed E-state index contributed by atoms with van der Waals surface area (Å²) in [6.07, 6.45) is 1.69. The first-order chi connectivity index (χ1) is 6.72. The van der Waals surface area contributed by atoms with Crippen LogP contribution in [0.5, 0.6) is 0 Å². The molecule has 0 aliphatic carbocycles. The molecule has 0 aromatic carbocycles. The smallest absolute Gasteiger partial charge is 0.0443 e. The lowest BCUT2D eigenvalue weighted by molar-refractivity contribution is 0.191. The monoisotopic (exact) mass is 200 g/mol. The average molecular weight is 200 g/mol. The van der Waals surface area contributed by atoms with E-state index >= 15 is 0 Å². The van der Waals surface area contributed by atoms with Gasteiger partial charge in [0.1, 0.15) is 0 Å². The van der Waals surface area contributed by atoms with Crippen LogP contribution in [-0.2, 0) is 0 Å². The van der Waals surface area contributed by atoms with Crippen LogP contribution in [0.3, 0.4) is 0 Å². The van der Waals surface area contributed by atoms with Crippen molar-refractivity contribution < 1.29 is 5.11 Å². The molecule has 5 nitrogen and oxygen atoms in total. The van der Waals surface area contributed by atoms with Crippen molar-refractivity contribution in [1.29, 1.82) is 0 Å². The zero-order valence-corrected chi connectivity index (χ0v) is 9.06. The Labute approximate surface area is 85.3 Å². The van der Waals surface area contributed by atoms with Crippen molar-refractivity contribution >= 4 is 0 Å². The van der Waals surface area contributed by atoms with E-state index < -0.39 is 0 Å². The number of rotatable bonds is 8. The van der Waals surface area contributed by atoms with E-state index in [0.717, 1.165) is 25.9 Å². The standard InChI is InChI=1S/C9H20N4O/c1-9(2)13(7-4-8-14)6-3-5-11-12-10/h9,14H,3-8H2,1-2H3. The highest BCUT2D eigenvalue weighted by molar-refractivity contribution is 4.63. The van der Waals surface area contributed by atoms with Crippen molar-refractivity contribution in [1.82, 2.24) is 4.90 Å². The highest BCUT2D eigenvalue weighted by Gasteiger charge is 2.07. The van der Waals surface area contributed by atoms with Gasteiger partial charge in [0.05, 0.1) is 0 Å². The van der Waals surface area contributed by atoms with Gasteiger partial charge in [0, 0.05) is 30.6 Å². The first-order valence-corrected chi connectivity index (χ1v) is 5.08. The predicted octanol–water partition coefficient (Wildman–Crippen LogP) is 1.78. The minimum atomic E-state index is 0.236. The summed E-state index contributed by atoms with van der Waals surface area (Å²) in [6, 6.07) is 0.479. The first kappa shape index (κ1) is 13.2. The highest BCUT2D eigenvalue weighted by atomic mass is 16.3. The van der Waals surface area contributed by atoms with E-state index in [-0.39, 0.29) is 6.61 Å². The Bertz CT molecular complexity index is 178. The third-order valence-electron chi connectivity index (χ3n) is 2.10. The molecule has 0 unspecified atom stereocenters. The zero-order chi connectivity index (χ0) is 10.8. The van der Waals surface area contributed by atoms with Crippen molar-refractivity contribution in [2.75, 3.05) is 26.2 Å². The number of aliphatic hydroxyl groups excluding tert-OH is 1. The van der Waals surface area contributed by atoms with Crippen LogP contribution in [0, 0.1) is 0 Å². The molecule has 0 fully saturated rings. The third-order valence-corrected chi connectivity index (χ3v) is 2.10. The fraction of sp³-hybridized carbons (Fsp3) is 1.00. The van der Waals surface area contributed by atoms with Gasteiger partial charge in [0.2, 0.25) is 0 Å². The lowest BCUT2D eigenvalue weighted by Crippen LogP contribution is -2.33. The van der Waals surface area contributed by atoms with E-state index in [1.54, 1.807) is 0 Å². The molecule has 0 aromatic rings. The summed E-state index contributed by atoms with van der Waals surface area (Å²) in [4.78, 5) is 4.99. The van der Waals surface area contributed by atoms with Gasteiger partial charge in [0.15, 0.2) is 0 Å². The van der Waals surface area contributed by atoms with Gasteiger partial charge in [-0.15, -0.1) is 0 Å². The molecule has 0 amide bonds. The van der Waals surface area contributed by atoms with Crippen molar-refractivity contribution in [2.45, 2.75) is 32.7 Å². The maximum Gasteiger partial charge on any atom is 0.0443 e. The summed E-state index contributed by atoms with van der Waals surface area (Å²) in [6.45, 7) is 6.88. The molecule has 1 N–H and O–H groups in total. The first-order valence-electron chi connectivity index (χ1n) is 5.08. The fourth-order valence-corrected chi connectivity index (χ4v) is 1.29. The van der Waals surface area contributed by atoms with Gasteiger partial charge in [-0.3, -0.25) is 0 Å². The molecule has 0 aliphatic heterocycles. The van der Waals surface area contributed by atoms with Crippen LogP contribution in [0.1, 0.15) is 26.7 Å². The molecule has 0 aromatic heterocycles. The van der Waals surface area contributed by atoms with Crippen LogP contribution >= 0.6 is 0 Å². The Morgan fingerprint density at radius 2 is 2.00 bits per heavy atom. The molecule has 82 valence electrons. The quantitative estimate of drug-likeness (QED) is 0.281.